The summed E-state index contributed by atoms with van der Waals surface area (Å²) in [6.45, 7) is 13.2. The van der Waals surface area contributed by atoms with Gasteiger partial charge in [0.05, 0.1) is 0 Å². The topological polar surface area (TPSA) is 17.1 Å². The van der Waals surface area contributed by atoms with Crippen molar-refractivity contribution in [3.8, 4) is 22.8 Å². The van der Waals surface area contributed by atoms with Gasteiger partial charge in [-0.25, -0.2) is 0 Å². The minimum absolute atomic E-state index is 0.376. The molecule has 94 valence electrons. The van der Waals surface area contributed by atoms with Gasteiger partial charge < -0.3 is 0 Å². The van der Waals surface area contributed by atoms with Crippen molar-refractivity contribution in [3.63, 3.8) is 0 Å². The average molecular weight is 269 g/mol. The van der Waals surface area contributed by atoms with Gasteiger partial charge in [0, 0.05) is 11.3 Å². The Kier molecular flexibility index (Phi) is 6.61. The third-order valence-electron chi connectivity index (χ3n) is 3.42. The fraction of sp³-hybridized carbons (Fsp3) is 0.643. The van der Waals surface area contributed by atoms with E-state index in [1.165, 1.54) is 0 Å². The van der Waals surface area contributed by atoms with Crippen molar-refractivity contribution in [3.05, 3.63) is 0 Å². The van der Waals surface area contributed by atoms with Crippen molar-refractivity contribution < 1.29 is 4.79 Å². The van der Waals surface area contributed by atoms with Gasteiger partial charge in [-0.1, -0.05) is 41.5 Å². The molecule has 0 radical (unpaired) electrons. The second-order valence-corrected chi connectivity index (χ2v) is 11.0. The number of hydrogen-bond acceptors (Lipinski definition) is 1. The van der Waals surface area contributed by atoms with Crippen LogP contribution in [0.4, 0.5) is 0 Å². The third kappa shape index (κ3) is 3.91. The quantitative estimate of drug-likeness (QED) is 0.559. The van der Waals surface area contributed by atoms with E-state index < -0.39 is 8.07 Å². The highest BCUT2D eigenvalue weighted by atomic mass is 35.5. The fourth-order valence-electron chi connectivity index (χ4n) is 2.67. The van der Waals surface area contributed by atoms with E-state index >= 15 is 0 Å². The maximum absolute atomic E-state index is 11.3. The molecule has 1 nitrogen and oxygen atoms in total. The van der Waals surface area contributed by atoms with Crippen LogP contribution in [-0.2, 0) is 4.79 Å². The van der Waals surface area contributed by atoms with Crippen LogP contribution in [-0.4, -0.2) is 13.9 Å². The fourth-order valence-corrected chi connectivity index (χ4v) is 7.95. The van der Waals surface area contributed by atoms with Crippen LogP contribution in [0.2, 0.25) is 16.6 Å². The predicted octanol–water partition coefficient (Wildman–Crippen LogP) is 3.98. The molecule has 3 heteroatoms. The normalized spacial score (nSPS) is 10.9. The van der Waals surface area contributed by atoms with Gasteiger partial charge in [-0.15, -0.1) is 5.54 Å². The molecule has 17 heavy (non-hydrogen) atoms. The highest BCUT2D eigenvalue weighted by Gasteiger charge is 2.41. The van der Waals surface area contributed by atoms with Crippen molar-refractivity contribution in [1.29, 1.82) is 0 Å². The van der Waals surface area contributed by atoms with Crippen molar-refractivity contribution >= 4 is 25.5 Å². The van der Waals surface area contributed by atoms with Gasteiger partial charge in [0.25, 0.3) is 5.78 Å². The summed E-state index contributed by atoms with van der Waals surface area (Å²) in [5, 5.41) is 2.08. The van der Waals surface area contributed by atoms with Gasteiger partial charge in [-0.05, 0) is 34.1 Å². The van der Waals surface area contributed by atoms with Crippen molar-refractivity contribution in [2.24, 2.45) is 0 Å². The number of halogens is 1. The van der Waals surface area contributed by atoms with E-state index in [0.717, 1.165) is 0 Å². The molecular formula is C14H21ClOSi. The molecule has 0 amide bonds. The van der Waals surface area contributed by atoms with Gasteiger partial charge in [0.2, 0.25) is 0 Å². The average Bonchev–Trinajstić information content (AvgIpc) is 2.17. The summed E-state index contributed by atoms with van der Waals surface area (Å²) in [4.78, 5) is 11.3. The molecule has 0 aromatic rings. The van der Waals surface area contributed by atoms with E-state index in [-0.39, 0.29) is 5.78 Å². The summed E-state index contributed by atoms with van der Waals surface area (Å²) < 4.78 is 0. The number of ketones is 1. The standard InChI is InChI=1S/C14H21ClOSi/c1-11(2)17(12(3)4,13(5)6)10-8-14(16)7-9-15/h11-13H,1-6H3. The van der Waals surface area contributed by atoms with E-state index in [4.69, 9.17) is 11.6 Å². The summed E-state index contributed by atoms with van der Waals surface area (Å²) in [6.07, 6.45) is 0. The summed E-state index contributed by atoms with van der Waals surface area (Å²) in [5.74, 6) is 4.57. The lowest BCUT2D eigenvalue weighted by Crippen LogP contribution is -2.43. The molecule has 0 aliphatic heterocycles. The maximum Gasteiger partial charge on any atom is 0.279 e. The van der Waals surface area contributed by atoms with Gasteiger partial charge in [0.1, 0.15) is 8.07 Å². The highest BCUT2D eigenvalue weighted by molar-refractivity contribution is 6.90. The lowest BCUT2D eigenvalue weighted by Gasteiger charge is -2.37. The molecule has 0 heterocycles. The highest BCUT2D eigenvalue weighted by Crippen LogP contribution is 2.40. The molecule has 0 aromatic heterocycles. The smallest absolute Gasteiger partial charge is 0.270 e. The Morgan fingerprint density at radius 3 is 1.65 bits per heavy atom. The summed E-state index contributed by atoms with van der Waals surface area (Å²) in [5.41, 5.74) is 4.85. The molecule has 0 fully saturated rings. The molecule has 0 bridgehead atoms. The molecule has 0 N–H and O–H groups in total. The van der Waals surface area contributed by atoms with Gasteiger partial charge >= 0.3 is 0 Å². The summed E-state index contributed by atoms with van der Waals surface area (Å²) in [6, 6.07) is 0. The van der Waals surface area contributed by atoms with Crippen LogP contribution in [0, 0.1) is 22.8 Å². The zero-order chi connectivity index (χ0) is 13.6. The number of hydrogen-bond donors (Lipinski definition) is 0. The molecular weight excluding hydrogens is 248 g/mol. The first-order chi connectivity index (χ1) is 7.78. The van der Waals surface area contributed by atoms with Gasteiger partial charge in [-0.3, -0.25) is 4.79 Å². The minimum Gasteiger partial charge on any atom is -0.270 e. The largest absolute Gasteiger partial charge is 0.279 e. The number of carbonyl (C=O) groups excluding carboxylic acids is 1. The molecule has 0 unspecified atom stereocenters. The Hall–Kier alpha value is -0.703. The van der Waals surface area contributed by atoms with Crippen LogP contribution in [0.5, 0.6) is 0 Å². The predicted molar refractivity (Wildman–Crippen MR) is 77.5 cm³/mol. The molecule has 0 aliphatic rings. The van der Waals surface area contributed by atoms with E-state index in [9.17, 15) is 4.79 Å². The number of carbonyl (C=O) groups is 1. The van der Waals surface area contributed by atoms with Gasteiger partial charge in [-0.2, -0.15) is 0 Å². The SMILES string of the molecule is CC(C)[Si](C#CC(=O)C#CCl)(C(C)C)C(C)C. The first kappa shape index (κ1) is 16.3. The molecule has 0 rings (SSSR count). The Morgan fingerprint density at radius 1 is 0.941 bits per heavy atom. The van der Waals surface area contributed by atoms with Crippen LogP contribution >= 0.6 is 11.6 Å². The Balaban J connectivity index is 5.46. The zero-order valence-electron chi connectivity index (χ0n) is 11.5. The summed E-state index contributed by atoms with van der Waals surface area (Å²) in [7, 11) is -1.81. The first-order valence-electron chi connectivity index (χ1n) is 5.97. The lowest BCUT2D eigenvalue weighted by atomic mass is 10.4. The van der Waals surface area contributed by atoms with Crippen molar-refractivity contribution in [2.45, 2.75) is 58.2 Å². The minimum atomic E-state index is -1.81. The Bertz CT molecular complexity index is 366. The monoisotopic (exact) mass is 268 g/mol. The second kappa shape index (κ2) is 6.89. The number of rotatable bonds is 3. The van der Waals surface area contributed by atoms with Crippen LogP contribution in [0.15, 0.2) is 0 Å². The molecule has 0 atom stereocenters. The molecule has 0 saturated carbocycles. The molecule has 0 saturated heterocycles. The third-order valence-corrected chi connectivity index (χ3v) is 9.80. The van der Waals surface area contributed by atoms with E-state index in [2.05, 4.69) is 64.3 Å². The van der Waals surface area contributed by atoms with Crippen molar-refractivity contribution in [1.82, 2.24) is 0 Å². The molecule has 0 aromatic carbocycles. The Labute approximate surface area is 111 Å². The van der Waals surface area contributed by atoms with E-state index in [1.54, 1.807) is 0 Å². The second-order valence-electron chi connectivity index (χ2n) is 5.20. The van der Waals surface area contributed by atoms with Crippen LogP contribution in [0.25, 0.3) is 0 Å². The van der Waals surface area contributed by atoms with Crippen LogP contribution in [0.1, 0.15) is 41.5 Å². The molecule has 0 spiro atoms. The first-order valence-corrected chi connectivity index (χ1v) is 8.58. The van der Waals surface area contributed by atoms with Gasteiger partial charge in [0.15, 0.2) is 0 Å². The number of Topliss-reactive ketones (excluding diaryl/α,β-unsaturated/α-hetero) is 1. The van der Waals surface area contributed by atoms with E-state index in [0.29, 0.717) is 16.6 Å². The molecule has 0 aliphatic carbocycles. The van der Waals surface area contributed by atoms with Crippen LogP contribution in [0.3, 0.4) is 0 Å². The van der Waals surface area contributed by atoms with Crippen LogP contribution < -0.4 is 0 Å². The zero-order valence-corrected chi connectivity index (χ0v) is 13.3. The Morgan fingerprint density at radius 2 is 1.35 bits per heavy atom. The maximum atomic E-state index is 11.3. The van der Waals surface area contributed by atoms with Crippen molar-refractivity contribution in [2.75, 3.05) is 0 Å². The lowest BCUT2D eigenvalue weighted by molar-refractivity contribution is -0.108. The summed E-state index contributed by atoms with van der Waals surface area (Å²) >= 11 is 5.20. The van der Waals surface area contributed by atoms with E-state index in [1.807, 2.05) is 0 Å².